The van der Waals surface area contributed by atoms with Gasteiger partial charge in [0.05, 0.1) is 5.69 Å². The van der Waals surface area contributed by atoms with Gasteiger partial charge in [0.1, 0.15) is 18.1 Å². The molecule has 0 fully saturated rings. The molecule has 0 unspecified atom stereocenters. The fraction of sp³-hybridized carbons (Fsp3) is 0.222. The van der Waals surface area contributed by atoms with E-state index in [1.165, 1.54) is 0 Å². The molecule has 0 spiro atoms. The average molecular weight is 256 g/mol. The number of nitrogen functional groups attached to an aromatic ring is 1. The highest BCUT2D eigenvalue weighted by molar-refractivity contribution is 9.10. The number of nitrogens with zero attached hydrogens (tertiary/aromatic N) is 2. The molecular weight excluding hydrogens is 246 g/mol. The van der Waals surface area contributed by atoms with Crippen LogP contribution in [-0.4, -0.2) is 9.78 Å². The maximum Gasteiger partial charge on any atom is 0.169 e. The zero-order valence-electron chi connectivity index (χ0n) is 7.70. The first-order valence-electron chi connectivity index (χ1n) is 4.19. The first-order valence-corrected chi connectivity index (χ1v) is 4.98. The Bertz CT molecular complexity index is 447. The minimum absolute atomic E-state index is 0.561. The van der Waals surface area contributed by atoms with Gasteiger partial charge in [0.25, 0.3) is 0 Å². The molecule has 0 bridgehead atoms. The van der Waals surface area contributed by atoms with Gasteiger partial charge in [0, 0.05) is 6.07 Å². The summed E-state index contributed by atoms with van der Waals surface area (Å²) in [6.07, 6.45) is 0. The number of aryl methyl sites for hydroxylation is 1. The third-order valence-electron chi connectivity index (χ3n) is 1.87. The molecule has 0 amide bonds. The van der Waals surface area contributed by atoms with Crippen LogP contribution in [0, 0.1) is 6.92 Å². The third kappa shape index (κ3) is 1.82. The number of anilines is 1. The second-order valence-electron chi connectivity index (χ2n) is 3.07. The lowest BCUT2D eigenvalue weighted by Crippen LogP contribution is -2.04. The second kappa shape index (κ2) is 3.49. The van der Waals surface area contributed by atoms with Crippen molar-refractivity contribution in [1.29, 1.82) is 0 Å². The van der Waals surface area contributed by atoms with E-state index < -0.39 is 0 Å². The first kappa shape index (κ1) is 9.33. The lowest BCUT2D eigenvalue weighted by atomic mass is 10.4. The Kier molecular flexibility index (Phi) is 2.33. The Morgan fingerprint density at radius 1 is 1.57 bits per heavy atom. The quantitative estimate of drug-likeness (QED) is 0.895. The van der Waals surface area contributed by atoms with Crippen LogP contribution in [0.5, 0.6) is 0 Å². The van der Waals surface area contributed by atoms with Crippen LogP contribution in [0.15, 0.2) is 27.3 Å². The van der Waals surface area contributed by atoms with Gasteiger partial charge in [-0.2, -0.15) is 5.10 Å². The highest BCUT2D eigenvalue weighted by Gasteiger charge is 2.05. The highest BCUT2D eigenvalue weighted by atomic mass is 79.9. The van der Waals surface area contributed by atoms with Crippen LogP contribution in [0.25, 0.3) is 0 Å². The monoisotopic (exact) mass is 255 g/mol. The lowest BCUT2D eigenvalue weighted by molar-refractivity contribution is 0.464. The summed E-state index contributed by atoms with van der Waals surface area (Å²) in [6.45, 7) is 2.47. The van der Waals surface area contributed by atoms with E-state index in [1.54, 1.807) is 4.68 Å². The van der Waals surface area contributed by atoms with Crippen LogP contribution < -0.4 is 5.73 Å². The first-order chi connectivity index (χ1) is 6.65. The van der Waals surface area contributed by atoms with Crippen LogP contribution in [0.2, 0.25) is 0 Å². The molecule has 4 nitrogen and oxygen atoms in total. The number of furan rings is 1. The molecule has 14 heavy (non-hydrogen) atoms. The van der Waals surface area contributed by atoms with E-state index in [4.69, 9.17) is 10.2 Å². The van der Waals surface area contributed by atoms with Crippen LogP contribution in [-0.2, 0) is 6.54 Å². The van der Waals surface area contributed by atoms with Crippen molar-refractivity contribution in [3.8, 4) is 0 Å². The zero-order valence-corrected chi connectivity index (χ0v) is 9.28. The number of rotatable bonds is 2. The van der Waals surface area contributed by atoms with Crippen molar-refractivity contribution < 1.29 is 4.42 Å². The summed E-state index contributed by atoms with van der Waals surface area (Å²) in [5.74, 6) is 1.47. The van der Waals surface area contributed by atoms with Crippen LogP contribution in [0.4, 0.5) is 5.82 Å². The van der Waals surface area contributed by atoms with Gasteiger partial charge in [-0.15, -0.1) is 0 Å². The van der Waals surface area contributed by atoms with E-state index in [9.17, 15) is 0 Å². The molecule has 0 aliphatic heterocycles. The molecule has 0 saturated carbocycles. The molecule has 0 aliphatic carbocycles. The van der Waals surface area contributed by atoms with E-state index in [0.717, 1.165) is 16.1 Å². The zero-order chi connectivity index (χ0) is 10.1. The van der Waals surface area contributed by atoms with Crippen LogP contribution >= 0.6 is 15.9 Å². The SMILES string of the molecule is Cc1cc(N)n(Cc2ccc(Br)o2)n1. The van der Waals surface area contributed by atoms with Gasteiger partial charge in [0.15, 0.2) is 4.67 Å². The maximum absolute atomic E-state index is 5.74. The molecule has 2 aromatic heterocycles. The van der Waals surface area contributed by atoms with Crippen molar-refractivity contribution in [1.82, 2.24) is 9.78 Å². The Balaban J connectivity index is 2.22. The van der Waals surface area contributed by atoms with Crippen molar-refractivity contribution in [2.24, 2.45) is 0 Å². The van der Waals surface area contributed by atoms with Gasteiger partial charge in [-0.3, -0.25) is 0 Å². The standard InChI is InChI=1S/C9H10BrN3O/c1-6-4-9(11)13(12-6)5-7-2-3-8(10)14-7/h2-4H,5,11H2,1H3. The number of halogens is 1. The molecule has 2 aromatic rings. The molecule has 0 aliphatic rings. The minimum atomic E-state index is 0.561. The lowest BCUT2D eigenvalue weighted by Gasteiger charge is -1.99. The van der Waals surface area contributed by atoms with E-state index in [-0.39, 0.29) is 0 Å². The smallest absolute Gasteiger partial charge is 0.169 e. The fourth-order valence-corrected chi connectivity index (χ4v) is 1.62. The van der Waals surface area contributed by atoms with Crippen molar-refractivity contribution in [2.75, 3.05) is 5.73 Å². The molecule has 74 valence electrons. The largest absolute Gasteiger partial charge is 0.452 e. The van der Waals surface area contributed by atoms with E-state index in [1.807, 2.05) is 25.1 Å². The maximum atomic E-state index is 5.74. The Hall–Kier alpha value is -1.23. The van der Waals surface area contributed by atoms with Gasteiger partial charge in [-0.05, 0) is 35.0 Å². The Morgan fingerprint density at radius 3 is 2.86 bits per heavy atom. The van der Waals surface area contributed by atoms with Crippen molar-refractivity contribution in [3.05, 3.63) is 34.3 Å². The molecule has 2 heterocycles. The number of aromatic nitrogens is 2. The average Bonchev–Trinajstić information content (AvgIpc) is 2.61. The molecule has 0 aromatic carbocycles. The summed E-state index contributed by atoms with van der Waals surface area (Å²) in [5, 5.41) is 4.23. The van der Waals surface area contributed by atoms with Crippen molar-refractivity contribution in [2.45, 2.75) is 13.5 Å². The van der Waals surface area contributed by atoms with Crippen molar-refractivity contribution >= 4 is 21.7 Å². The molecule has 0 saturated heterocycles. The number of hydrogen-bond acceptors (Lipinski definition) is 3. The third-order valence-corrected chi connectivity index (χ3v) is 2.29. The highest BCUT2D eigenvalue weighted by Crippen LogP contribution is 2.16. The molecule has 0 atom stereocenters. The molecule has 2 N–H and O–H groups in total. The van der Waals surface area contributed by atoms with Crippen LogP contribution in [0.3, 0.4) is 0 Å². The van der Waals surface area contributed by atoms with Gasteiger partial charge in [-0.25, -0.2) is 4.68 Å². The van der Waals surface area contributed by atoms with Gasteiger partial charge < -0.3 is 10.2 Å². The summed E-state index contributed by atoms with van der Waals surface area (Å²) in [5.41, 5.74) is 6.65. The topological polar surface area (TPSA) is 57.0 Å². The Morgan fingerprint density at radius 2 is 2.36 bits per heavy atom. The normalized spacial score (nSPS) is 10.7. The molecular formula is C9H10BrN3O. The summed E-state index contributed by atoms with van der Waals surface area (Å²) in [6, 6.07) is 5.57. The van der Waals surface area contributed by atoms with Crippen LogP contribution in [0.1, 0.15) is 11.5 Å². The second-order valence-corrected chi connectivity index (χ2v) is 3.86. The number of nitrogens with two attached hydrogens (primary N) is 1. The summed E-state index contributed by atoms with van der Waals surface area (Å²) in [7, 11) is 0. The predicted molar refractivity (Wildman–Crippen MR) is 56.9 cm³/mol. The van der Waals surface area contributed by atoms with Crippen molar-refractivity contribution in [3.63, 3.8) is 0 Å². The number of hydrogen-bond donors (Lipinski definition) is 1. The summed E-state index contributed by atoms with van der Waals surface area (Å²) >= 11 is 3.24. The Labute approximate surface area is 89.8 Å². The van der Waals surface area contributed by atoms with E-state index in [0.29, 0.717) is 12.4 Å². The van der Waals surface area contributed by atoms with Gasteiger partial charge in [-0.1, -0.05) is 0 Å². The summed E-state index contributed by atoms with van der Waals surface area (Å²) in [4.78, 5) is 0. The molecule has 0 radical (unpaired) electrons. The predicted octanol–water partition coefficient (Wildman–Crippen LogP) is 2.18. The van der Waals surface area contributed by atoms with Gasteiger partial charge >= 0.3 is 0 Å². The van der Waals surface area contributed by atoms with E-state index >= 15 is 0 Å². The minimum Gasteiger partial charge on any atom is -0.452 e. The fourth-order valence-electron chi connectivity index (χ4n) is 1.28. The molecule has 5 heteroatoms. The summed E-state index contributed by atoms with van der Waals surface area (Å²) < 4.78 is 7.78. The van der Waals surface area contributed by atoms with Gasteiger partial charge in [0.2, 0.25) is 0 Å². The molecule has 2 rings (SSSR count). The van der Waals surface area contributed by atoms with E-state index in [2.05, 4.69) is 21.0 Å².